The quantitative estimate of drug-likeness (QED) is 0.399. The predicted molar refractivity (Wildman–Crippen MR) is 124 cm³/mol. The van der Waals surface area contributed by atoms with Crippen molar-refractivity contribution >= 4 is 32.7 Å². The van der Waals surface area contributed by atoms with Gasteiger partial charge in [-0.25, -0.2) is 8.42 Å². The van der Waals surface area contributed by atoms with Crippen LogP contribution in [0, 0.1) is 6.92 Å². The first-order chi connectivity index (χ1) is 16.3. The molecule has 2 aromatic carbocycles. The zero-order chi connectivity index (χ0) is 24.0. The van der Waals surface area contributed by atoms with E-state index in [1.54, 1.807) is 60.0 Å². The van der Waals surface area contributed by atoms with Gasteiger partial charge in [0, 0.05) is 13.6 Å². The van der Waals surface area contributed by atoms with E-state index in [9.17, 15) is 18.0 Å². The number of esters is 1. The highest BCUT2D eigenvalue weighted by molar-refractivity contribution is 7.89. The molecule has 1 aliphatic heterocycles. The molecule has 1 aliphatic rings. The summed E-state index contributed by atoms with van der Waals surface area (Å²) in [7, 11) is -2.24. The van der Waals surface area contributed by atoms with E-state index in [2.05, 4.69) is 10.2 Å². The van der Waals surface area contributed by atoms with E-state index in [1.165, 1.54) is 8.87 Å². The second-order valence-electron chi connectivity index (χ2n) is 8.33. The van der Waals surface area contributed by atoms with E-state index in [-0.39, 0.29) is 23.6 Å². The van der Waals surface area contributed by atoms with Crippen LogP contribution >= 0.6 is 0 Å². The van der Waals surface area contributed by atoms with Gasteiger partial charge in [0.05, 0.1) is 15.8 Å². The number of hydrogen-bond acceptors (Lipinski definition) is 7. The Hall–Kier alpha value is -3.57. The van der Waals surface area contributed by atoms with Crippen molar-refractivity contribution in [3.63, 3.8) is 0 Å². The van der Waals surface area contributed by atoms with Crippen LogP contribution < -0.4 is 5.56 Å². The van der Waals surface area contributed by atoms with Gasteiger partial charge in [0.2, 0.25) is 15.8 Å². The first kappa shape index (κ1) is 22.2. The fraction of sp³-hybridized carbons (Fsp3) is 0.304. The molecule has 5 rings (SSSR count). The third-order valence-electron chi connectivity index (χ3n) is 6.14. The Morgan fingerprint density at radius 2 is 1.85 bits per heavy atom. The average molecular weight is 482 g/mol. The Morgan fingerprint density at radius 3 is 2.62 bits per heavy atom. The number of aromatic nitrogens is 4. The van der Waals surface area contributed by atoms with Crippen molar-refractivity contribution in [1.82, 2.24) is 23.5 Å². The van der Waals surface area contributed by atoms with E-state index in [1.807, 2.05) is 6.92 Å². The van der Waals surface area contributed by atoms with Crippen LogP contribution in [0.2, 0.25) is 0 Å². The van der Waals surface area contributed by atoms with Crippen molar-refractivity contribution in [2.45, 2.75) is 37.3 Å². The van der Waals surface area contributed by atoms with Crippen LogP contribution in [0.1, 0.15) is 24.2 Å². The van der Waals surface area contributed by atoms with Gasteiger partial charge in [0.15, 0.2) is 12.4 Å². The summed E-state index contributed by atoms with van der Waals surface area (Å²) in [6.07, 6.45) is 0.938. The number of ether oxygens (including phenoxy) is 1. The molecule has 176 valence electrons. The summed E-state index contributed by atoms with van der Waals surface area (Å²) >= 11 is 0. The van der Waals surface area contributed by atoms with Crippen molar-refractivity contribution < 1.29 is 17.9 Å². The minimum absolute atomic E-state index is 0.147. The summed E-state index contributed by atoms with van der Waals surface area (Å²) < 4.78 is 36.1. The number of carbonyl (C=O) groups excluding carboxylic acids is 1. The SMILES string of the molecule is Cc1ccc(S(=O)(=O)N2CCC[C@H]2C(=O)OCc2nnc3n(C)c(=O)c4ccccc4n23)cc1. The number of aryl methyl sites for hydroxylation is 2. The van der Waals surface area contributed by atoms with Gasteiger partial charge in [0.1, 0.15) is 6.04 Å². The standard InChI is InChI=1S/C23H23N5O5S/c1-15-9-11-16(12-10-15)34(31,32)27-13-5-8-19(27)22(30)33-14-20-24-25-23-26(2)21(29)17-6-3-4-7-18(17)28(20)23/h3-4,6-7,9-12,19H,5,8,13-14H2,1-2H3/t19-/m0/s1. The van der Waals surface area contributed by atoms with Crippen molar-refractivity contribution in [1.29, 1.82) is 0 Å². The second-order valence-corrected chi connectivity index (χ2v) is 10.2. The number of para-hydroxylation sites is 1. The maximum Gasteiger partial charge on any atom is 0.324 e. The molecule has 1 atom stereocenters. The summed E-state index contributed by atoms with van der Waals surface area (Å²) in [5, 5.41) is 8.68. The minimum Gasteiger partial charge on any atom is -0.456 e. The first-order valence-electron chi connectivity index (χ1n) is 10.9. The van der Waals surface area contributed by atoms with E-state index in [4.69, 9.17) is 4.74 Å². The van der Waals surface area contributed by atoms with E-state index >= 15 is 0 Å². The number of benzene rings is 2. The van der Waals surface area contributed by atoms with Gasteiger partial charge in [-0.05, 0) is 44.0 Å². The number of hydrogen-bond donors (Lipinski definition) is 0. The number of carbonyl (C=O) groups is 1. The molecular weight excluding hydrogens is 458 g/mol. The number of sulfonamides is 1. The predicted octanol–water partition coefficient (Wildman–Crippen LogP) is 1.79. The van der Waals surface area contributed by atoms with Gasteiger partial charge < -0.3 is 4.74 Å². The maximum absolute atomic E-state index is 13.1. The third-order valence-corrected chi connectivity index (χ3v) is 8.06. The van der Waals surface area contributed by atoms with Crippen molar-refractivity contribution in [3.8, 4) is 0 Å². The molecule has 1 saturated heterocycles. The van der Waals surface area contributed by atoms with Crippen molar-refractivity contribution in [2.75, 3.05) is 6.54 Å². The monoisotopic (exact) mass is 481 g/mol. The smallest absolute Gasteiger partial charge is 0.324 e. The molecule has 0 bridgehead atoms. The van der Waals surface area contributed by atoms with Gasteiger partial charge in [-0.3, -0.25) is 18.6 Å². The fourth-order valence-electron chi connectivity index (χ4n) is 4.33. The first-order valence-corrected chi connectivity index (χ1v) is 12.3. The second kappa shape index (κ2) is 8.33. The molecule has 0 spiro atoms. The van der Waals surface area contributed by atoms with Gasteiger partial charge in [-0.2, -0.15) is 4.31 Å². The van der Waals surface area contributed by atoms with E-state index in [0.29, 0.717) is 35.3 Å². The highest BCUT2D eigenvalue weighted by atomic mass is 32.2. The lowest BCUT2D eigenvalue weighted by atomic mass is 10.2. The Bertz CT molecular complexity index is 1570. The van der Waals surface area contributed by atoms with Crippen molar-refractivity contribution in [2.24, 2.45) is 7.05 Å². The summed E-state index contributed by atoms with van der Waals surface area (Å²) in [5.41, 5.74) is 1.34. The van der Waals surface area contributed by atoms with Crippen LogP contribution in [0.25, 0.3) is 16.7 Å². The Balaban J connectivity index is 1.41. The van der Waals surface area contributed by atoms with Gasteiger partial charge in [-0.15, -0.1) is 10.2 Å². The molecule has 34 heavy (non-hydrogen) atoms. The lowest BCUT2D eigenvalue weighted by Crippen LogP contribution is -2.41. The highest BCUT2D eigenvalue weighted by Crippen LogP contribution is 2.27. The molecule has 0 aliphatic carbocycles. The average Bonchev–Trinajstić information content (AvgIpc) is 3.49. The fourth-order valence-corrected chi connectivity index (χ4v) is 5.97. The van der Waals surface area contributed by atoms with Gasteiger partial charge in [-0.1, -0.05) is 29.8 Å². The zero-order valence-corrected chi connectivity index (χ0v) is 19.5. The molecule has 11 heteroatoms. The molecular formula is C23H23N5O5S. The van der Waals surface area contributed by atoms with E-state index < -0.39 is 22.0 Å². The number of nitrogens with zero attached hydrogens (tertiary/aromatic N) is 5. The molecule has 2 aromatic heterocycles. The molecule has 0 amide bonds. The molecule has 4 aromatic rings. The maximum atomic E-state index is 13.1. The largest absolute Gasteiger partial charge is 0.456 e. The van der Waals surface area contributed by atoms with Crippen LogP contribution in [-0.2, 0) is 33.2 Å². The Labute approximate surface area is 195 Å². The number of rotatable bonds is 5. The number of fused-ring (bicyclic) bond motifs is 3. The molecule has 0 saturated carbocycles. The van der Waals surface area contributed by atoms with Crippen LogP contribution in [0.4, 0.5) is 0 Å². The molecule has 3 heterocycles. The molecule has 10 nitrogen and oxygen atoms in total. The Kier molecular flexibility index (Phi) is 5.45. The van der Waals surface area contributed by atoms with Crippen LogP contribution in [-0.4, -0.2) is 50.4 Å². The summed E-state index contributed by atoms with van der Waals surface area (Å²) in [6.45, 7) is 1.91. The Morgan fingerprint density at radius 1 is 1.12 bits per heavy atom. The topological polar surface area (TPSA) is 116 Å². The molecule has 1 fully saturated rings. The summed E-state index contributed by atoms with van der Waals surface area (Å²) in [4.78, 5) is 25.7. The minimum atomic E-state index is -3.83. The molecule has 0 radical (unpaired) electrons. The zero-order valence-electron chi connectivity index (χ0n) is 18.7. The lowest BCUT2D eigenvalue weighted by Gasteiger charge is -2.22. The van der Waals surface area contributed by atoms with Gasteiger partial charge >= 0.3 is 5.97 Å². The van der Waals surface area contributed by atoms with Crippen LogP contribution in [0.15, 0.2) is 58.2 Å². The highest BCUT2D eigenvalue weighted by Gasteiger charge is 2.40. The normalized spacial score (nSPS) is 16.9. The van der Waals surface area contributed by atoms with E-state index in [0.717, 1.165) is 5.56 Å². The van der Waals surface area contributed by atoms with Gasteiger partial charge in [0.25, 0.3) is 5.56 Å². The van der Waals surface area contributed by atoms with Crippen LogP contribution in [0.5, 0.6) is 0 Å². The lowest BCUT2D eigenvalue weighted by molar-refractivity contribution is -0.149. The molecule has 0 N–H and O–H groups in total. The summed E-state index contributed by atoms with van der Waals surface area (Å²) in [6, 6.07) is 12.7. The summed E-state index contributed by atoms with van der Waals surface area (Å²) in [5.74, 6) is 0.0133. The third kappa shape index (κ3) is 3.57. The van der Waals surface area contributed by atoms with Crippen LogP contribution in [0.3, 0.4) is 0 Å². The van der Waals surface area contributed by atoms with Crippen molar-refractivity contribution in [3.05, 3.63) is 70.3 Å². The molecule has 0 unspecified atom stereocenters.